The molecule has 216 valence electrons. The van der Waals surface area contributed by atoms with Crippen LogP contribution in [0.2, 0.25) is 0 Å². The molecule has 3 aliphatic rings. The van der Waals surface area contributed by atoms with E-state index in [4.69, 9.17) is 19.2 Å². The van der Waals surface area contributed by atoms with E-state index in [0.29, 0.717) is 41.8 Å². The van der Waals surface area contributed by atoms with Crippen molar-refractivity contribution < 1.29 is 32.2 Å². The molecule has 2 bridgehead atoms. The summed E-state index contributed by atoms with van der Waals surface area (Å²) in [7, 11) is 0. The highest BCUT2D eigenvalue weighted by atomic mass is 19.4. The van der Waals surface area contributed by atoms with Crippen molar-refractivity contribution in [2.45, 2.75) is 51.3 Å². The summed E-state index contributed by atoms with van der Waals surface area (Å²) in [6.07, 6.45) is -2.43. The Morgan fingerprint density at radius 2 is 2.05 bits per heavy atom. The fraction of sp³-hybridized carbons (Fsp3) is 0.414. The molecule has 1 unspecified atom stereocenters. The van der Waals surface area contributed by atoms with Gasteiger partial charge in [-0.25, -0.2) is 14.8 Å². The Hall–Kier alpha value is -3.90. The summed E-state index contributed by atoms with van der Waals surface area (Å²) in [6.45, 7) is 7.54. The molecule has 3 aliphatic heterocycles. The smallest absolute Gasteiger partial charge is 0.416 e. The zero-order chi connectivity index (χ0) is 28.9. The maximum atomic E-state index is 13.7. The molecule has 1 aromatic carbocycles. The second-order valence-corrected chi connectivity index (χ2v) is 10.9. The van der Waals surface area contributed by atoms with Crippen LogP contribution in [0.25, 0.3) is 11.3 Å². The minimum absolute atomic E-state index is 0.132. The number of nitrogens with one attached hydrogen (secondary N) is 1. The van der Waals surface area contributed by atoms with Gasteiger partial charge in [-0.1, -0.05) is 12.1 Å². The molecule has 5 heterocycles. The van der Waals surface area contributed by atoms with Crippen molar-refractivity contribution in [1.29, 1.82) is 0 Å². The lowest BCUT2D eigenvalue weighted by Crippen LogP contribution is -2.48. The number of carbonyl (C=O) groups is 1. The highest BCUT2D eigenvalue weighted by Gasteiger charge is 2.41. The number of amides is 2. The Kier molecular flexibility index (Phi) is 6.77. The molecule has 2 amide bonds. The number of hydrogen-bond acceptors (Lipinski definition) is 7. The van der Waals surface area contributed by atoms with Gasteiger partial charge < -0.3 is 24.4 Å². The summed E-state index contributed by atoms with van der Waals surface area (Å²) >= 11 is 0. The van der Waals surface area contributed by atoms with E-state index >= 15 is 0 Å². The maximum absolute atomic E-state index is 13.7. The van der Waals surface area contributed by atoms with Crippen LogP contribution in [0.15, 0.2) is 48.7 Å². The molecule has 0 aliphatic carbocycles. The van der Waals surface area contributed by atoms with Crippen LogP contribution in [0.4, 0.5) is 35.2 Å². The summed E-state index contributed by atoms with van der Waals surface area (Å²) in [5, 5.41) is 2.92. The van der Waals surface area contributed by atoms with Crippen molar-refractivity contribution in [1.82, 2.24) is 9.97 Å². The number of aryl methyl sites for hydroxylation is 1. The first-order chi connectivity index (χ1) is 19.5. The van der Waals surface area contributed by atoms with E-state index in [9.17, 15) is 18.0 Å². The molecule has 1 N–H and O–H groups in total. The average Bonchev–Trinajstić information content (AvgIpc) is 3.50. The Labute approximate surface area is 235 Å². The summed E-state index contributed by atoms with van der Waals surface area (Å²) in [4.78, 5) is 26.5. The van der Waals surface area contributed by atoms with Crippen LogP contribution in [0.3, 0.4) is 0 Å². The van der Waals surface area contributed by atoms with Crippen LogP contribution in [0.1, 0.15) is 31.4 Å². The molecular weight excluding hydrogens is 539 g/mol. The molecule has 0 radical (unpaired) electrons. The van der Waals surface area contributed by atoms with Gasteiger partial charge in [-0.15, -0.1) is 0 Å². The van der Waals surface area contributed by atoms with E-state index in [1.54, 1.807) is 23.1 Å². The zero-order valence-electron chi connectivity index (χ0n) is 22.9. The molecule has 3 aromatic rings. The third kappa shape index (κ3) is 5.53. The molecule has 2 saturated heterocycles. The second kappa shape index (κ2) is 10.2. The molecule has 12 heteroatoms. The van der Waals surface area contributed by atoms with Crippen LogP contribution in [0, 0.1) is 6.92 Å². The van der Waals surface area contributed by atoms with Crippen LogP contribution in [-0.4, -0.2) is 60.2 Å². The van der Waals surface area contributed by atoms with Gasteiger partial charge in [0, 0.05) is 36.6 Å². The normalized spacial score (nSPS) is 21.1. The molecule has 9 nitrogen and oxygen atoms in total. The van der Waals surface area contributed by atoms with Gasteiger partial charge in [0.2, 0.25) is 5.88 Å². The summed E-state index contributed by atoms with van der Waals surface area (Å²) in [5.74, 6) is 0.0781. The van der Waals surface area contributed by atoms with Crippen LogP contribution in [0.5, 0.6) is 5.88 Å². The number of rotatable bonds is 5. The van der Waals surface area contributed by atoms with E-state index < -0.39 is 23.6 Å². The van der Waals surface area contributed by atoms with E-state index in [2.05, 4.69) is 15.2 Å². The van der Waals surface area contributed by atoms with Crippen molar-refractivity contribution in [2.24, 2.45) is 0 Å². The van der Waals surface area contributed by atoms with Gasteiger partial charge in [0.25, 0.3) is 0 Å². The predicted octanol–water partition coefficient (Wildman–Crippen LogP) is 5.63. The van der Waals surface area contributed by atoms with E-state index in [-0.39, 0.29) is 18.8 Å². The fourth-order valence-electron chi connectivity index (χ4n) is 5.51. The highest BCUT2D eigenvalue weighted by molar-refractivity contribution is 6.05. The van der Waals surface area contributed by atoms with Gasteiger partial charge in [-0.05, 0) is 57.0 Å². The fourth-order valence-corrected chi connectivity index (χ4v) is 5.51. The van der Waals surface area contributed by atoms with Crippen LogP contribution in [-0.2, 0) is 15.7 Å². The SMILES string of the molecule is Cc1cc2c(nc1-c1cccc(C(F)(F)F)c1)N(C(=O)Nc1ccnc(OCC3COC(C)(C)O3)c1)[C@H]1CCN2C1. The third-order valence-corrected chi connectivity index (χ3v) is 7.42. The lowest BCUT2D eigenvalue weighted by atomic mass is 10.0. The number of nitrogens with zero attached hydrogens (tertiary/aromatic N) is 4. The van der Waals surface area contributed by atoms with Gasteiger partial charge in [0.15, 0.2) is 11.6 Å². The van der Waals surface area contributed by atoms with Gasteiger partial charge >= 0.3 is 12.2 Å². The number of urea groups is 1. The Balaban J connectivity index is 1.25. The van der Waals surface area contributed by atoms with E-state index in [1.807, 2.05) is 26.8 Å². The number of benzene rings is 1. The van der Waals surface area contributed by atoms with E-state index in [1.165, 1.54) is 12.3 Å². The van der Waals surface area contributed by atoms with Gasteiger partial charge in [-0.2, -0.15) is 13.2 Å². The van der Waals surface area contributed by atoms with Crippen molar-refractivity contribution >= 4 is 23.2 Å². The minimum atomic E-state index is -4.48. The monoisotopic (exact) mass is 569 g/mol. The molecule has 2 aromatic heterocycles. The van der Waals surface area contributed by atoms with Crippen molar-refractivity contribution in [3.05, 3.63) is 59.8 Å². The number of alkyl halides is 3. The first kappa shape index (κ1) is 27.3. The topological polar surface area (TPSA) is 89.1 Å². The molecule has 2 atom stereocenters. The number of aromatic nitrogens is 2. The number of anilines is 3. The minimum Gasteiger partial charge on any atom is -0.475 e. The van der Waals surface area contributed by atoms with Crippen molar-refractivity contribution in [2.75, 3.05) is 41.4 Å². The molecule has 0 spiro atoms. The molecule has 2 fully saturated rings. The second-order valence-electron chi connectivity index (χ2n) is 10.9. The van der Waals surface area contributed by atoms with Crippen molar-refractivity contribution in [3.8, 4) is 17.1 Å². The Morgan fingerprint density at radius 3 is 2.80 bits per heavy atom. The maximum Gasteiger partial charge on any atom is 0.416 e. The van der Waals surface area contributed by atoms with E-state index in [0.717, 1.165) is 36.3 Å². The Morgan fingerprint density at radius 1 is 1.22 bits per heavy atom. The quantitative estimate of drug-likeness (QED) is 0.426. The lowest BCUT2D eigenvalue weighted by molar-refractivity contribution is -0.141. The predicted molar refractivity (Wildman–Crippen MR) is 146 cm³/mol. The largest absolute Gasteiger partial charge is 0.475 e. The number of pyridine rings is 2. The molecule has 41 heavy (non-hydrogen) atoms. The molecule has 6 rings (SSSR count). The molecule has 0 saturated carbocycles. The average molecular weight is 570 g/mol. The summed E-state index contributed by atoms with van der Waals surface area (Å²) in [6, 6.07) is 9.74. The number of halogens is 3. The number of fused-ring (bicyclic) bond motifs is 4. The zero-order valence-corrected chi connectivity index (χ0v) is 22.9. The number of hydrogen-bond donors (Lipinski definition) is 1. The van der Waals surface area contributed by atoms with Gasteiger partial charge in [0.1, 0.15) is 12.7 Å². The first-order valence-electron chi connectivity index (χ1n) is 13.4. The van der Waals surface area contributed by atoms with Gasteiger partial charge in [-0.3, -0.25) is 4.90 Å². The highest BCUT2D eigenvalue weighted by Crippen LogP contribution is 2.42. The van der Waals surface area contributed by atoms with Crippen LogP contribution < -0.4 is 19.9 Å². The number of ether oxygens (including phenoxy) is 3. The standard InChI is InChI=1S/C29H30F3N5O4/c1-17-11-23-26(35-25(17)18-5-4-6-19(12-18)29(30,31)32)37(21-8-10-36(23)14-21)27(38)34-20-7-9-33-24(13-20)39-15-22-16-40-28(2,3)41-22/h4-7,9,11-13,21-22H,8,10,14-16H2,1-3H3,(H,33,34,38)/t21-,22?/m0/s1. The number of carbonyl (C=O) groups excluding carboxylic acids is 1. The first-order valence-corrected chi connectivity index (χ1v) is 13.4. The summed E-state index contributed by atoms with van der Waals surface area (Å²) < 4.78 is 57.4. The third-order valence-electron chi connectivity index (χ3n) is 7.42. The molecular formula is C29H30F3N5O4. The van der Waals surface area contributed by atoms with Gasteiger partial charge in [0.05, 0.1) is 29.6 Å². The van der Waals surface area contributed by atoms with Crippen LogP contribution >= 0.6 is 0 Å². The lowest BCUT2D eigenvalue weighted by Gasteiger charge is -2.36. The Bertz CT molecular complexity index is 1480. The van der Waals surface area contributed by atoms with Crippen molar-refractivity contribution in [3.63, 3.8) is 0 Å². The summed E-state index contributed by atoms with van der Waals surface area (Å²) in [5.41, 5.74) is 1.97.